The maximum absolute atomic E-state index is 11.4. The van der Waals surface area contributed by atoms with Crippen LogP contribution in [0, 0.1) is 0 Å². The number of carboxylic acid groups (broad SMARTS) is 1. The van der Waals surface area contributed by atoms with Crippen molar-refractivity contribution in [2.24, 2.45) is 0 Å². The number of carboxylic acids is 1. The number of carbonyl (C=O) groups is 2. The molecule has 0 aliphatic carbocycles. The number of rotatable bonds is 15. The number of hydrogen-bond donors (Lipinski definition) is 1. The van der Waals surface area contributed by atoms with Crippen molar-refractivity contribution in [3.63, 3.8) is 0 Å². The first-order valence-electron chi connectivity index (χ1n) is 9.20. The fourth-order valence-electron chi connectivity index (χ4n) is 2.78. The van der Waals surface area contributed by atoms with Crippen molar-refractivity contribution in [2.75, 3.05) is 13.1 Å². The first kappa shape index (κ1) is 19.0. The number of aliphatic carboxylic acids is 1. The van der Waals surface area contributed by atoms with Crippen LogP contribution in [0.25, 0.3) is 0 Å². The van der Waals surface area contributed by atoms with E-state index in [1.165, 1.54) is 57.8 Å². The van der Waals surface area contributed by atoms with Gasteiger partial charge in [-0.15, -0.1) is 0 Å². The number of nitrogens with zero attached hydrogens (tertiary/aromatic N) is 1. The summed E-state index contributed by atoms with van der Waals surface area (Å²) in [7, 11) is 0. The molecule has 0 aromatic rings. The third-order valence-corrected chi connectivity index (χ3v) is 4.33. The lowest BCUT2D eigenvalue weighted by Gasteiger charge is -2.03. The lowest BCUT2D eigenvalue weighted by atomic mass is 10.0. The van der Waals surface area contributed by atoms with E-state index in [9.17, 15) is 9.59 Å². The number of carbonyl (C=O) groups excluding carboxylic acids is 1. The molecular formula is C18H33NO3. The van der Waals surface area contributed by atoms with Gasteiger partial charge in [-0.3, -0.25) is 9.59 Å². The summed E-state index contributed by atoms with van der Waals surface area (Å²) >= 11 is 0. The predicted molar refractivity (Wildman–Crippen MR) is 88.9 cm³/mol. The molecule has 1 fully saturated rings. The highest BCUT2D eigenvalue weighted by Crippen LogP contribution is 2.14. The molecule has 0 unspecified atom stereocenters. The fourth-order valence-corrected chi connectivity index (χ4v) is 2.78. The molecule has 0 saturated carbocycles. The van der Waals surface area contributed by atoms with Crippen molar-refractivity contribution in [3.8, 4) is 0 Å². The molecule has 0 bridgehead atoms. The highest BCUT2D eigenvalue weighted by molar-refractivity contribution is 5.78. The van der Waals surface area contributed by atoms with Crippen molar-refractivity contribution in [1.82, 2.24) is 4.90 Å². The molecule has 1 aliphatic rings. The van der Waals surface area contributed by atoms with Gasteiger partial charge < -0.3 is 10.0 Å². The van der Waals surface area contributed by atoms with Gasteiger partial charge in [0.25, 0.3) is 0 Å². The Morgan fingerprint density at radius 3 is 1.36 bits per heavy atom. The van der Waals surface area contributed by atoms with Gasteiger partial charge in [-0.05, 0) is 12.8 Å². The number of amides is 1. The van der Waals surface area contributed by atoms with Crippen LogP contribution in [0.1, 0.15) is 89.9 Å². The van der Waals surface area contributed by atoms with Gasteiger partial charge in [0, 0.05) is 25.9 Å². The molecular weight excluding hydrogens is 278 g/mol. The highest BCUT2D eigenvalue weighted by Gasteiger charge is 2.22. The lowest BCUT2D eigenvalue weighted by Crippen LogP contribution is -2.09. The second-order valence-corrected chi connectivity index (χ2v) is 6.52. The quantitative estimate of drug-likeness (QED) is 0.361. The Morgan fingerprint density at radius 1 is 0.636 bits per heavy atom. The Kier molecular flexibility index (Phi) is 10.8. The van der Waals surface area contributed by atoms with E-state index in [-0.39, 0.29) is 0 Å². The molecule has 0 aromatic heterocycles. The SMILES string of the molecule is O=C(O)CCCCCCCCCCCCCCC(=O)N1CC1. The second-order valence-electron chi connectivity index (χ2n) is 6.52. The monoisotopic (exact) mass is 311 g/mol. The fraction of sp³-hybridized carbons (Fsp3) is 0.889. The molecule has 1 amide bonds. The van der Waals surface area contributed by atoms with Crippen molar-refractivity contribution < 1.29 is 14.7 Å². The van der Waals surface area contributed by atoms with Gasteiger partial charge in [0.05, 0.1) is 0 Å². The van der Waals surface area contributed by atoms with Crippen LogP contribution in [-0.4, -0.2) is 35.0 Å². The van der Waals surface area contributed by atoms with Gasteiger partial charge >= 0.3 is 5.97 Å². The molecule has 0 aromatic carbocycles. The molecule has 0 radical (unpaired) electrons. The zero-order chi connectivity index (χ0) is 16.0. The van der Waals surface area contributed by atoms with Crippen LogP contribution in [0.4, 0.5) is 0 Å². The average molecular weight is 311 g/mol. The summed E-state index contributed by atoms with van der Waals surface area (Å²) in [5.74, 6) is -0.322. The standard InChI is InChI=1S/C18H33NO3/c20-17(19-15-16-19)13-11-9-7-5-3-1-2-4-6-8-10-12-14-18(21)22/h1-16H2,(H,21,22). The average Bonchev–Trinajstić information content (AvgIpc) is 3.31. The van der Waals surface area contributed by atoms with E-state index in [2.05, 4.69) is 0 Å². The summed E-state index contributed by atoms with van der Waals surface area (Å²) in [4.78, 5) is 23.7. The zero-order valence-electron chi connectivity index (χ0n) is 14.0. The van der Waals surface area contributed by atoms with E-state index < -0.39 is 5.97 Å². The molecule has 4 heteroatoms. The maximum Gasteiger partial charge on any atom is 0.303 e. The summed E-state index contributed by atoms with van der Waals surface area (Å²) in [5.41, 5.74) is 0. The normalized spacial score (nSPS) is 13.4. The van der Waals surface area contributed by atoms with Crippen molar-refractivity contribution in [3.05, 3.63) is 0 Å². The third-order valence-electron chi connectivity index (χ3n) is 4.33. The predicted octanol–water partition coefficient (Wildman–Crippen LogP) is 4.37. The summed E-state index contributed by atoms with van der Waals surface area (Å²) in [6.45, 7) is 1.97. The molecule has 1 heterocycles. The van der Waals surface area contributed by atoms with E-state index in [0.717, 1.165) is 38.8 Å². The summed E-state index contributed by atoms with van der Waals surface area (Å²) in [6.07, 6.45) is 15.5. The third kappa shape index (κ3) is 11.6. The molecule has 1 saturated heterocycles. The van der Waals surface area contributed by atoms with Gasteiger partial charge in [-0.1, -0.05) is 64.2 Å². The van der Waals surface area contributed by atoms with E-state index in [4.69, 9.17) is 5.11 Å². The molecule has 1 N–H and O–H groups in total. The molecule has 0 spiro atoms. The molecule has 4 nitrogen and oxygen atoms in total. The van der Waals surface area contributed by atoms with Gasteiger partial charge in [0.15, 0.2) is 0 Å². The maximum atomic E-state index is 11.4. The first-order valence-corrected chi connectivity index (χ1v) is 9.20. The Morgan fingerprint density at radius 2 is 1.00 bits per heavy atom. The summed E-state index contributed by atoms with van der Waals surface area (Å²) < 4.78 is 0. The van der Waals surface area contributed by atoms with E-state index >= 15 is 0 Å². The summed E-state index contributed by atoms with van der Waals surface area (Å²) in [6, 6.07) is 0. The largest absolute Gasteiger partial charge is 0.481 e. The van der Waals surface area contributed by atoms with E-state index in [1.54, 1.807) is 0 Å². The smallest absolute Gasteiger partial charge is 0.303 e. The summed E-state index contributed by atoms with van der Waals surface area (Å²) in [5, 5.41) is 8.53. The molecule has 0 atom stereocenters. The van der Waals surface area contributed by atoms with Crippen LogP contribution in [0.5, 0.6) is 0 Å². The highest BCUT2D eigenvalue weighted by atomic mass is 16.4. The van der Waals surface area contributed by atoms with Crippen LogP contribution in [-0.2, 0) is 9.59 Å². The lowest BCUT2D eigenvalue weighted by molar-refractivity contribution is -0.137. The Labute approximate surface area is 135 Å². The van der Waals surface area contributed by atoms with Crippen LogP contribution >= 0.6 is 0 Å². The minimum Gasteiger partial charge on any atom is -0.481 e. The van der Waals surface area contributed by atoms with E-state index in [1.807, 2.05) is 4.90 Å². The van der Waals surface area contributed by atoms with Crippen molar-refractivity contribution >= 4 is 11.9 Å². The van der Waals surface area contributed by atoms with Gasteiger partial charge in [-0.25, -0.2) is 0 Å². The van der Waals surface area contributed by atoms with E-state index in [0.29, 0.717) is 12.3 Å². The van der Waals surface area contributed by atoms with Crippen LogP contribution in [0.3, 0.4) is 0 Å². The minimum absolute atomic E-state index is 0.323. The van der Waals surface area contributed by atoms with Crippen molar-refractivity contribution in [2.45, 2.75) is 89.9 Å². The Bertz CT molecular complexity index is 313. The zero-order valence-corrected chi connectivity index (χ0v) is 14.0. The van der Waals surface area contributed by atoms with Crippen LogP contribution < -0.4 is 0 Å². The van der Waals surface area contributed by atoms with Crippen molar-refractivity contribution in [1.29, 1.82) is 0 Å². The Hall–Kier alpha value is -1.06. The topological polar surface area (TPSA) is 57.4 Å². The first-order chi connectivity index (χ1) is 10.7. The molecule has 128 valence electrons. The van der Waals surface area contributed by atoms with Gasteiger partial charge in [0.2, 0.25) is 5.91 Å². The molecule has 1 rings (SSSR count). The Balaban J connectivity index is 1.67. The van der Waals surface area contributed by atoms with Crippen LogP contribution in [0.15, 0.2) is 0 Å². The molecule has 1 aliphatic heterocycles. The van der Waals surface area contributed by atoms with Crippen LogP contribution in [0.2, 0.25) is 0 Å². The van der Waals surface area contributed by atoms with Gasteiger partial charge in [-0.2, -0.15) is 0 Å². The minimum atomic E-state index is -0.672. The molecule has 22 heavy (non-hydrogen) atoms. The van der Waals surface area contributed by atoms with Gasteiger partial charge in [0.1, 0.15) is 0 Å². The number of unbranched alkanes of at least 4 members (excludes halogenated alkanes) is 11. The number of hydrogen-bond acceptors (Lipinski definition) is 2. The second kappa shape index (κ2) is 12.5.